The smallest absolute Gasteiger partial charge is 0.382 e. The van der Waals surface area contributed by atoms with E-state index in [0.29, 0.717) is 17.8 Å². The number of H-pyrrole nitrogens is 1. The second-order valence-electron chi connectivity index (χ2n) is 11.2. The first kappa shape index (κ1) is 32.7. The van der Waals surface area contributed by atoms with Gasteiger partial charge in [0.25, 0.3) is 5.56 Å². The van der Waals surface area contributed by atoms with Crippen molar-refractivity contribution in [2.75, 3.05) is 26.1 Å². The average molecular weight is 731 g/mol. The standard InChI is InChI=1S/C24H29FN10O8P2S2/c1-11-12(5-13(11)34-9-31-17-21(36)32-24-27-3-4-33(24)22(17)34)6-40-45(38,47)43-18-14(7-41-44(37,46)39-2)42-23(15(18)25)35-10-30-16-19(26)28-8-29-20(16)35/h3-4,8-15,18,23H,5-7H2,1-2H3,(H,37,46)(H,38,47)(H2,26,28,29)(H,27,32,36)/t11-,12-,13-,14-,15-,18-,23-,44?,45?/m1/s1. The van der Waals surface area contributed by atoms with Gasteiger partial charge in [-0.25, -0.2) is 33.9 Å². The molecular weight excluding hydrogens is 701 g/mol. The summed E-state index contributed by atoms with van der Waals surface area (Å²) in [5.41, 5.74) is 6.85. The number of alkyl halides is 1. The lowest BCUT2D eigenvalue weighted by Crippen LogP contribution is -2.39. The number of aromatic nitrogens is 9. The van der Waals surface area contributed by atoms with Crippen LogP contribution >= 0.6 is 25.8 Å². The molecule has 1 aliphatic carbocycles. The van der Waals surface area contributed by atoms with Crippen molar-refractivity contribution >= 4 is 71.5 Å². The van der Waals surface area contributed by atoms with Gasteiger partial charge in [-0.3, -0.25) is 23.3 Å². The predicted octanol–water partition coefficient (Wildman–Crippen LogP) is 2.55. The fourth-order valence-corrected chi connectivity index (χ4v) is 8.15. The van der Waals surface area contributed by atoms with E-state index < -0.39 is 44.7 Å². The second kappa shape index (κ2) is 12.2. The molecule has 1 saturated carbocycles. The minimum Gasteiger partial charge on any atom is -0.382 e. The molecular formula is C24H29FN10O8P2S2. The maximum atomic E-state index is 16.1. The van der Waals surface area contributed by atoms with Crippen LogP contribution in [0.3, 0.4) is 0 Å². The first-order chi connectivity index (χ1) is 22.4. The monoisotopic (exact) mass is 730 g/mol. The number of nitrogens with zero attached hydrogens (tertiary/aromatic N) is 8. The molecule has 9 atom stereocenters. The van der Waals surface area contributed by atoms with Crippen LogP contribution in [0.15, 0.2) is 36.2 Å². The van der Waals surface area contributed by atoms with Crippen molar-refractivity contribution in [3.05, 3.63) is 41.7 Å². The summed E-state index contributed by atoms with van der Waals surface area (Å²) in [5.74, 6) is 0.428. The Hall–Kier alpha value is -2.84. The Bertz CT molecular complexity index is 2130. The topological polar surface area (TPSA) is 221 Å². The van der Waals surface area contributed by atoms with E-state index in [9.17, 15) is 14.3 Å². The largest absolute Gasteiger partial charge is 0.386 e. The summed E-state index contributed by atoms with van der Waals surface area (Å²) in [6.45, 7) is -6.34. The lowest BCUT2D eigenvalue weighted by molar-refractivity contribution is -0.0421. The molecule has 0 aromatic carbocycles. The van der Waals surface area contributed by atoms with Gasteiger partial charge in [0.15, 0.2) is 35.0 Å². The average Bonchev–Trinajstić information content (AvgIpc) is 3.82. The summed E-state index contributed by atoms with van der Waals surface area (Å²) in [7, 11) is 1.17. The Kier molecular flexibility index (Phi) is 8.52. The Balaban J connectivity index is 1.05. The van der Waals surface area contributed by atoms with Gasteiger partial charge in [0.1, 0.15) is 24.1 Å². The van der Waals surface area contributed by atoms with Crippen LogP contribution in [-0.2, 0) is 39.2 Å². The second-order valence-corrected chi connectivity index (χ2v) is 17.0. The van der Waals surface area contributed by atoms with Gasteiger partial charge in [-0.05, 0) is 30.1 Å². The Morgan fingerprint density at radius 1 is 1.19 bits per heavy atom. The van der Waals surface area contributed by atoms with Gasteiger partial charge in [0.2, 0.25) is 5.78 Å². The normalized spacial score (nSPS) is 28.9. The third-order valence-corrected chi connectivity index (χ3v) is 11.9. The third kappa shape index (κ3) is 5.92. The van der Waals surface area contributed by atoms with Crippen molar-refractivity contribution in [2.45, 2.75) is 44.0 Å². The van der Waals surface area contributed by atoms with E-state index in [4.69, 9.17) is 40.4 Å². The molecule has 4 N–H and O–H groups in total. The molecule has 18 nitrogen and oxygen atoms in total. The zero-order valence-corrected chi connectivity index (χ0v) is 28.1. The Morgan fingerprint density at radius 2 is 1.96 bits per heavy atom. The van der Waals surface area contributed by atoms with Gasteiger partial charge in [-0.1, -0.05) is 19.2 Å². The highest BCUT2D eigenvalue weighted by Gasteiger charge is 2.51. The summed E-state index contributed by atoms with van der Waals surface area (Å²) in [6.07, 6.45) is 1.93. The maximum absolute atomic E-state index is 16.1. The van der Waals surface area contributed by atoms with Crippen molar-refractivity contribution in [3.63, 3.8) is 0 Å². The van der Waals surface area contributed by atoms with Crippen molar-refractivity contribution in [1.82, 2.24) is 43.4 Å². The molecule has 1 saturated heterocycles. The van der Waals surface area contributed by atoms with E-state index in [1.165, 1.54) is 24.3 Å². The number of nitrogen functional groups attached to an aromatic ring is 1. The van der Waals surface area contributed by atoms with Crippen LogP contribution in [0.1, 0.15) is 25.6 Å². The highest BCUT2D eigenvalue weighted by atomic mass is 32.7. The van der Waals surface area contributed by atoms with Crippen LogP contribution in [0, 0.1) is 11.8 Å². The number of halogens is 1. The molecule has 0 bridgehead atoms. The van der Waals surface area contributed by atoms with Gasteiger partial charge in [-0.2, -0.15) is 0 Å². The van der Waals surface area contributed by atoms with E-state index >= 15 is 4.39 Å². The molecule has 1 aliphatic heterocycles. The van der Waals surface area contributed by atoms with Crippen LogP contribution in [0.2, 0.25) is 0 Å². The lowest BCUT2D eigenvalue weighted by Gasteiger charge is -2.43. The number of aromatic amines is 1. The molecule has 0 amide bonds. The summed E-state index contributed by atoms with van der Waals surface area (Å²) < 4.78 is 62.0. The molecule has 6 heterocycles. The SMILES string of the molecule is COP(O)(=S)OC[C@H]1O[C@@H](n2cnc3c(N)ncnc32)[C@H](F)[C@@H]1OP(=O)(S)OC[C@H]1C[C@@H](n2cnc3c(=O)[nH]c4nccn4c32)[C@@H]1C. The molecule has 47 heavy (non-hydrogen) atoms. The van der Waals surface area contributed by atoms with E-state index in [1.54, 1.807) is 23.1 Å². The molecule has 5 aromatic rings. The van der Waals surface area contributed by atoms with Crippen LogP contribution in [0.25, 0.3) is 28.1 Å². The predicted molar refractivity (Wildman–Crippen MR) is 171 cm³/mol. The molecule has 2 aliphatic rings. The number of hydrogen-bond acceptors (Lipinski definition) is 14. The summed E-state index contributed by atoms with van der Waals surface area (Å²) in [6, 6.07) is -0.0360. The molecule has 2 unspecified atom stereocenters. The fourth-order valence-electron chi connectivity index (χ4n) is 6.00. The minimum atomic E-state index is -4.20. The zero-order valence-electron chi connectivity index (χ0n) is 24.6. The molecule has 2 fully saturated rings. The molecule has 23 heteroatoms. The Labute approximate surface area is 274 Å². The van der Waals surface area contributed by atoms with Gasteiger partial charge in [0.05, 0.1) is 25.9 Å². The van der Waals surface area contributed by atoms with Crippen LogP contribution in [0.4, 0.5) is 10.2 Å². The van der Waals surface area contributed by atoms with E-state index in [-0.39, 0.29) is 52.5 Å². The first-order valence-corrected chi connectivity index (χ1v) is 19.5. The Morgan fingerprint density at radius 3 is 2.72 bits per heavy atom. The lowest BCUT2D eigenvalue weighted by atomic mass is 9.70. The first-order valence-electron chi connectivity index (χ1n) is 14.2. The number of thiol groups is 1. The molecule has 0 radical (unpaired) electrons. The fraction of sp³-hybridized carbons (Fsp3) is 0.500. The van der Waals surface area contributed by atoms with Gasteiger partial charge < -0.3 is 33.5 Å². The molecule has 252 valence electrons. The van der Waals surface area contributed by atoms with Crippen molar-refractivity contribution in [3.8, 4) is 0 Å². The minimum absolute atomic E-state index is 0.00919. The number of nitrogens with one attached hydrogen (secondary N) is 1. The van der Waals surface area contributed by atoms with Crippen LogP contribution < -0.4 is 11.3 Å². The number of imidazole rings is 3. The highest BCUT2D eigenvalue weighted by Crippen LogP contribution is 2.58. The van der Waals surface area contributed by atoms with E-state index in [0.717, 1.165) is 0 Å². The summed E-state index contributed by atoms with van der Waals surface area (Å²) >= 11 is 9.05. The summed E-state index contributed by atoms with van der Waals surface area (Å²) in [4.78, 5) is 46.0. The summed E-state index contributed by atoms with van der Waals surface area (Å²) in [5, 5.41) is 0. The zero-order chi connectivity index (χ0) is 33.2. The van der Waals surface area contributed by atoms with Crippen LogP contribution in [0.5, 0.6) is 0 Å². The molecule has 7 rings (SSSR count). The number of nitrogens with two attached hydrogens (primary N) is 1. The van der Waals surface area contributed by atoms with Gasteiger partial charge in [-0.15, -0.1) is 0 Å². The molecule has 5 aromatic heterocycles. The van der Waals surface area contributed by atoms with Crippen LogP contribution in [-0.4, -0.2) is 87.0 Å². The third-order valence-electron chi connectivity index (χ3n) is 8.60. The number of hydrogen-bond donors (Lipinski definition) is 4. The van der Waals surface area contributed by atoms with Gasteiger partial charge in [0, 0.05) is 25.5 Å². The number of ether oxygens (including phenoxy) is 1. The number of fused-ring (bicyclic) bond motifs is 4. The number of rotatable bonds is 11. The van der Waals surface area contributed by atoms with Crippen molar-refractivity contribution in [1.29, 1.82) is 0 Å². The van der Waals surface area contributed by atoms with E-state index in [2.05, 4.69) is 42.2 Å². The molecule has 0 spiro atoms. The number of anilines is 1. The van der Waals surface area contributed by atoms with Crippen molar-refractivity contribution < 1.29 is 36.7 Å². The highest BCUT2D eigenvalue weighted by molar-refractivity contribution is 8.44. The maximum Gasteiger partial charge on any atom is 0.386 e. The van der Waals surface area contributed by atoms with E-state index in [1.807, 2.05) is 11.5 Å². The van der Waals surface area contributed by atoms with Gasteiger partial charge >= 0.3 is 13.5 Å². The quantitative estimate of drug-likeness (QED) is 0.113. The van der Waals surface area contributed by atoms with Crippen molar-refractivity contribution in [2.24, 2.45) is 11.8 Å².